The highest BCUT2D eigenvalue weighted by molar-refractivity contribution is 5.99. The van der Waals surface area contributed by atoms with Crippen LogP contribution in [0.15, 0.2) is 85.5 Å². The smallest absolute Gasteiger partial charge is 0.258 e. The van der Waals surface area contributed by atoms with Crippen LogP contribution in [-0.4, -0.2) is 27.1 Å². The molecule has 168 valence electrons. The highest BCUT2D eigenvalue weighted by Crippen LogP contribution is 2.35. The summed E-state index contributed by atoms with van der Waals surface area (Å²) in [5.74, 6) is 0.0509. The van der Waals surface area contributed by atoms with E-state index in [1.807, 2.05) is 66.2 Å². The van der Waals surface area contributed by atoms with Crippen LogP contribution >= 0.6 is 0 Å². The normalized spacial score (nSPS) is 15.8. The Morgan fingerprint density at radius 2 is 1.85 bits per heavy atom. The summed E-state index contributed by atoms with van der Waals surface area (Å²) in [6.45, 7) is 8.59. The molecule has 1 aromatic heterocycles. The van der Waals surface area contributed by atoms with Gasteiger partial charge in [-0.2, -0.15) is 5.10 Å². The second-order valence-corrected chi connectivity index (χ2v) is 8.32. The van der Waals surface area contributed by atoms with Crippen molar-refractivity contribution in [2.45, 2.75) is 39.2 Å². The maximum atomic E-state index is 14.1. The van der Waals surface area contributed by atoms with E-state index in [1.165, 1.54) is 11.1 Å². The lowest BCUT2D eigenvalue weighted by Crippen LogP contribution is -2.40. The number of allylic oxidation sites excluding steroid dienone is 4. The third-order valence-corrected chi connectivity index (χ3v) is 6.21. The zero-order chi connectivity index (χ0) is 23.2. The van der Waals surface area contributed by atoms with Gasteiger partial charge in [0.05, 0.1) is 28.7 Å². The Bertz CT molecular complexity index is 1190. The van der Waals surface area contributed by atoms with Gasteiger partial charge in [-0.1, -0.05) is 86.7 Å². The minimum absolute atomic E-state index is 0.0509. The number of rotatable bonds is 7. The monoisotopic (exact) mass is 437 g/mol. The Hall–Kier alpha value is -3.66. The van der Waals surface area contributed by atoms with Crippen molar-refractivity contribution in [1.82, 2.24) is 14.7 Å². The molecule has 0 N–H and O–H groups in total. The molecule has 0 fully saturated rings. The molecular formula is C29H31N3O. The highest BCUT2D eigenvalue weighted by atomic mass is 16.2. The summed E-state index contributed by atoms with van der Waals surface area (Å²) < 4.78 is 1.87. The zero-order valence-corrected chi connectivity index (χ0v) is 19.4. The minimum Gasteiger partial charge on any atom is -0.331 e. The molecule has 0 saturated carbocycles. The lowest BCUT2D eigenvalue weighted by Gasteiger charge is -2.37. The Morgan fingerprint density at radius 3 is 2.61 bits per heavy atom. The average Bonchev–Trinajstić information content (AvgIpc) is 3.18. The fraction of sp³-hybridized carbons (Fsp3) is 0.241. The molecule has 0 radical (unpaired) electrons. The van der Waals surface area contributed by atoms with Crippen LogP contribution < -0.4 is 0 Å². The second kappa shape index (κ2) is 10.3. The van der Waals surface area contributed by atoms with Gasteiger partial charge in [-0.3, -0.25) is 4.79 Å². The maximum absolute atomic E-state index is 14.1. The van der Waals surface area contributed by atoms with Gasteiger partial charge in [-0.15, -0.1) is 0 Å². The van der Waals surface area contributed by atoms with Crippen molar-refractivity contribution >= 4 is 12.0 Å². The standard InChI is InChI=1S/C29H31N3O/c1-4-6-7-11-19-26-28(22(3)32(30-26)24-16-9-8-10-17-24)29(33)31-21-20-23-15-12-13-18-25(23)27(31)14-5-2/h4,6-13,15-19,27H,1,5,14,20-21H2,2-3H3/b7-6-,19-11+. The van der Waals surface area contributed by atoms with E-state index in [4.69, 9.17) is 5.10 Å². The molecule has 0 spiro atoms. The van der Waals surface area contributed by atoms with Gasteiger partial charge >= 0.3 is 0 Å². The molecule has 0 bridgehead atoms. The van der Waals surface area contributed by atoms with Crippen molar-refractivity contribution in [2.75, 3.05) is 6.54 Å². The number of para-hydroxylation sites is 1. The minimum atomic E-state index is 0.0509. The lowest BCUT2D eigenvalue weighted by atomic mass is 9.89. The summed E-state index contributed by atoms with van der Waals surface area (Å²) >= 11 is 0. The van der Waals surface area contributed by atoms with Crippen molar-refractivity contribution in [3.63, 3.8) is 0 Å². The number of nitrogens with zero attached hydrogens (tertiary/aromatic N) is 3. The number of benzene rings is 2. The van der Waals surface area contributed by atoms with Crippen molar-refractivity contribution in [1.29, 1.82) is 0 Å². The summed E-state index contributed by atoms with van der Waals surface area (Å²) in [5.41, 5.74) is 5.78. The fourth-order valence-corrected chi connectivity index (χ4v) is 4.64. The molecule has 1 aliphatic heterocycles. The number of carbonyl (C=O) groups is 1. The summed E-state index contributed by atoms with van der Waals surface area (Å²) in [6, 6.07) is 18.6. The number of carbonyl (C=O) groups excluding carboxylic acids is 1. The number of aromatic nitrogens is 2. The van der Waals surface area contributed by atoms with E-state index in [0.29, 0.717) is 11.3 Å². The van der Waals surface area contributed by atoms with Gasteiger partial charge in [-0.25, -0.2) is 4.68 Å². The first-order valence-corrected chi connectivity index (χ1v) is 11.6. The van der Waals surface area contributed by atoms with Gasteiger partial charge in [0.25, 0.3) is 5.91 Å². The van der Waals surface area contributed by atoms with E-state index in [2.05, 4.69) is 42.7 Å². The molecule has 2 heterocycles. The summed E-state index contributed by atoms with van der Waals surface area (Å²) in [4.78, 5) is 16.1. The fourth-order valence-electron chi connectivity index (χ4n) is 4.64. The molecule has 3 aromatic rings. The van der Waals surface area contributed by atoms with Crippen LogP contribution in [0.5, 0.6) is 0 Å². The molecule has 1 unspecified atom stereocenters. The van der Waals surface area contributed by atoms with Gasteiger partial charge in [0.1, 0.15) is 0 Å². The Kier molecular flexibility index (Phi) is 7.04. The molecule has 4 heteroatoms. The van der Waals surface area contributed by atoms with E-state index in [-0.39, 0.29) is 11.9 Å². The molecule has 0 saturated heterocycles. The molecular weight excluding hydrogens is 406 g/mol. The lowest BCUT2D eigenvalue weighted by molar-refractivity contribution is 0.0648. The third-order valence-electron chi connectivity index (χ3n) is 6.21. The van der Waals surface area contributed by atoms with Gasteiger partial charge in [0, 0.05) is 6.54 Å². The van der Waals surface area contributed by atoms with Crippen LogP contribution in [0.3, 0.4) is 0 Å². The number of fused-ring (bicyclic) bond motifs is 1. The van der Waals surface area contributed by atoms with Crippen molar-refractivity contribution in [3.8, 4) is 5.69 Å². The maximum Gasteiger partial charge on any atom is 0.258 e. The Labute approximate surface area is 196 Å². The Balaban J connectivity index is 1.78. The van der Waals surface area contributed by atoms with E-state index < -0.39 is 0 Å². The van der Waals surface area contributed by atoms with E-state index >= 15 is 0 Å². The van der Waals surface area contributed by atoms with Crippen LogP contribution in [0.4, 0.5) is 0 Å². The predicted octanol–water partition coefficient (Wildman–Crippen LogP) is 6.48. The first-order valence-electron chi connectivity index (χ1n) is 11.6. The van der Waals surface area contributed by atoms with Crippen molar-refractivity contribution < 1.29 is 4.79 Å². The largest absolute Gasteiger partial charge is 0.331 e. The van der Waals surface area contributed by atoms with Crippen molar-refractivity contribution in [3.05, 3.63) is 114 Å². The molecule has 1 aliphatic rings. The number of hydrogen-bond donors (Lipinski definition) is 0. The molecule has 2 aromatic carbocycles. The number of amides is 1. The topological polar surface area (TPSA) is 38.1 Å². The Morgan fingerprint density at radius 1 is 1.09 bits per heavy atom. The van der Waals surface area contributed by atoms with Gasteiger partial charge < -0.3 is 4.90 Å². The highest BCUT2D eigenvalue weighted by Gasteiger charge is 2.33. The summed E-state index contributed by atoms with van der Waals surface area (Å²) in [7, 11) is 0. The van der Waals surface area contributed by atoms with E-state index in [9.17, 15) is 4.79 Å². The van der Waals surface area contributed by atoms with Crippen LogP contribution in [0, 0.1) is 6.92 Å². The molecule has 4 rings (SSSR count). The van der Waals surface area contributed by atoms with Gasteiger partial charge in [0.15, 0.2) is 0 Å². The molecule has 4 nitrogen and oxygen atoms in total. The predicted molar refractivity (Wildman–Crippen MR) is 136 cm³/mol. The van der Waals surface area contributed by atoms with Gasteiger partial charge in [-0.05, 0) is 49.1 Å². The third kappa shape index (κ3) is 4.61. The first-order chi connectivity index (χ1) is 16.2. The summed E-state index contributed by atoms with van der Waals surface area (Å²) in [6.07, 6.45) is 12.1. The van der Waals surface area contributed by atoms with Crippen LogP contribution in [-0.2, 0) is 6.42 Å². The van der Waals surface area contributed by atoms with Crippen LogP contribution in [0.1, 0.15) is 58.7 Å². The van der Waals surface area contributed by atoms with Crippen LogP contribution in [0.25, 0.3) is 11.8 Å². The second-order valence-electron chi connectivity index (χ2n) is 8.32. The molecule has 1 atom stereocenters. The van der Waals surface area contributed by atoms with Crippen molar-refractivity contribution in [2.24, 2.45) is 0 Å². The van der Waals surface area contributed by atoms with E-state index in [0.717, 1.165) is 37.2 Å². The average molecular weight is 438 g/mol. The van der Waals surface area contributed by atoms with Crippen LogP contribution in [0.2, 0.25) is 0 Å². The molecule has 33 heavy (non-hydrogen) atoms. The SMILES string of the molecule is C=C/C=C\C=C\c1nn(-c2ccccc2)c(C)c1C(=O)N1CCc2ccccc2C1CCC. The first kappa shape index (κ1) is 22.5. The van der Waals surface area contributed by atoms with Gasteiger partial charge in [0.2, 0.25) is 0 Å². The summed E-state index contributed by atoms with van der Waals surface area (Å²) in [5, 5.41) is 4.83. The molecule has 1 amide bonds. The zero-order valence-electron chi connectivity index (χ0n) is 19.4. The number of hydrogen-bond acceptors (Lipinski definition) is 2. The molecule has 0 aliphatic carbocycles. The van der Waals surface area contributed by atoms with E-state index in [1.54, 1.807) is 6.08 Å². The quantitative estimate of drug-likeness (QED) is 0.397.